The summed E-state index contributed by atoms with van der Waals surface area (Å²) in [6, 6.07) is 5.76. The summed E-state index contributed by atoms with van der Waals surface area (Å²) in [6.07, 6.45) is 5.19. The van der Waals surface area contributed by atoms with Crippen LogP contribution in [0.3, 0.4) is 0 Å². The van der Waals surface area contributed by atoms with Gasteiger partial charge in [0.2, 0.25) is 0 Å². The number of carbonyl (C=O) groups is 1. The van der Waals surface area contributed by atoms with E-state index < -0.39 is 0 Å². The van der Waals surface area contributed by atoms with Gasteiger partial charge >= 0.3 is 0 Å². The van der Waals surface area contributed by atoms with Gasteiger partial charge in [-0.25, -0.2) is 15.0 Å². The summed E-state index contributed by atoms with van der Waals surface area (Å²) >= 11 is 7.58. The van der Waals surface area contributed by atoms with Gasteiger partial charge in [0.1, 0.15) is 30.2 Å². The molecule has 1 amide bonds. The number of benzene rings is 1. The predicted octanol–water partition coefficient (Wildman–Crippen LogP) is 3.45. The van der Waals surface area contributed by atoms with Crippen LogP contribution >= 0.6 is 22.9 Å². The average molecular weight is 455 g/mol. The standard InChI is InChI=1S/C21H24BClN6OS/c1-12-8-14(22)9-15(23)19(12)28-20(30)16-11-24-21(31-16)27-17-10-18(26-13(2)25-17)29-6-4-3-5-7-29/h8-11H,3-7,22H2,1-2H3,(H,28,30)(H,24,25,26,27). The van der Waals surface area contributed by atoms with E-state index in [1.807, 2.05) is 39.9 Å². The lowest BCUT2D eigenvalue weighted by Crippen LogP contribution is -2.30. The van der Waals surface area contributed by atoms with Crippen molar-refractivity contribution in [1.82, 2.24) is 15.0 Å². The number of thiazole rings is 1. The first-order valence-corrected chi connectivity index (χ1v) is 11.5. The van der Waals surface area contributed by atoms with Crippen LogP contribution in [0.2, 0.25) is 5.02 Å². The number of nitrogens with one attached hydrogen (secondary N) is 2. The summed E-state index contributed by atoms with van der Waals surface area (Å²) in [7, 11) is 1.97. The molecule has 7 nitrogen and oxygen atoms in total. The third-order valence-corrected chi connectivity index (χ3v) is 6.35. The molecule has 1 aromatic carbocycles. The van der Waals surface area contributed by atoms with Gasteiger partial charge in [-0.15, -0.1) is 0 Å². The van der Waals surface area contributed by atoms with Crippen LogP contribution in [-0.2, 0) is 0 Å². The summed E-state index contributed by atoms with van der Waals surface area (Å²) in [5, 5.41) is 7.24. The molecule has 0 atom stereocenters. The Bertz CT molecular complexity index is 1090. The van der Waals surface area contributed by atoms with E-state index in [4.69, 9.17) is 11.6 Å². The maximum Gasteiger partial charge on any atom is 0.267 e. The highest BCUT2D eigenvalue weighted by atomic mass is 35.5. The normalized spacial score (nSPS) is 13.8. The molecule has 3 heterocycles. The van der Waals surface area contributed by atoms with Crippen molar-refractivity contribution in [2.24, 2.45) is 0 Å². The largest absolute Gasteiger partial charge is 0.356 e. The molecule has 2 aromatic heterocycles. The van der Waals surface area contributed by atoms with Crippen molar-refractivity contribution in [3.8, 4) is 0 Å². The van der Waals surface area contributed by atoms with Gasteiger partial charge in [-0.1, -0.05) is 34.5 Å². The number of nitrogens with zero attached hydrogens (tertiary/aromatic N) is 4. The van der Waals surface area contributed by atoms with Crippen LogP contribution < -0.4 is 21.0 Å². The summed E-state index contributed by atoms with van der Waals surface area (Å²) in [4.78, 5) is 28.9. The predicted molar refractivity (Wildman–Crippen MR) is 131 cm³/mol. The molecule has 3 aromatic rings. The number of piperidine rings is 1. The van der Waals surface area contributed by atoms with Crippen LogP contribution in [0.25, 0.3) is 0 Å². The molecule has 0 unspecified atom stereocenters. The summed E-state index contributed by atoms with van der Waals surface area (Å²) in [5.74, 6) is 2.05. The zero-order valence-corrected chi connectivity index (χ0v) is 19.4. The molecule has 2 N–H and O–H groups in total. The minimum atomic E-state index is -0.243. The minimum absolute atomic E-state index is 0.243. The van der Waals surface area contributed by atoms with Crippen LogP contribution in [0.1, 0.15) is 40.3 Å². The van der Waals surface area contributed by atoms with E-state index in [1.54, 1.807) is 6.20 Å². The smallest absolute Gasteiger partial charge is 0.267 e. The van der Waals surface area contributed by atoms with Crippen molar-refractivity contribution in [2.45, 2.75) is 33.1 Å². The lowest BCUT2D eigenvalue weighted by atomic mass is 9.94. The molecule has 1 aliphatic heterocycles. The first kappa shape index (κ1) is 21.6. The van der Waals surface area contributed by atoms with Crippen molar-refractivity contribution >= 4 is 64.6 Å². The Balaban J connectivity index is 1.48. The van der Waals surface area contributed by atoms with Crippen molar-refractivity contribution in [2.75, 3.05) is 28.6 Å². The first-order chi connectivity index (χ1) is 14.9. The van der Waals surface area contributed by atoms with E-state index in [0.29, 0.717) is 32.4 Å². The van der Waals surface area contributed by atoms with Crippen LogP contribution in [0.5, 0.6) is 0 Å². The molecule has 160 valence electrons. The van der Waals surface area contributed by atoms with Crippen LogP contribution in [0, 0.1) is 13.8 Å². The number of amides is 1. The van der Waals surface area contributed by atoms with Gasteiger partial charge in [-0.3, -0.25) is 4.79 Å². The monoisotopic (exact) mass is 454 g/mol. The van der Waals surface area contributed by atoms with Crippen LogP contribution in [0.15, 0.2) is 24.4 Å². The lowest BCUT2D eigenvalue weighted by Gasteiger charge is -2.28. The van der Waals surface area contributed by atoms with Gasteiger partial charge < -0.3 is 15.5 Å². The Labute approximate surface area is 191 Å². The van der Waals surface area contributed by atoms with E-state index in [2.05, 4.69) is 30.5 Å². The van der Waals surface area contributed by atoms with E-state index in [1.165, 1.54) is 30.6 Å². The van der Waals surface area contributed by atoms with Crippen molar-refractivity contribution < 1.29 is 4.79 Å². The summed E-state index contributed by atoms with van der Waals surface area (Å²) in [5.41, 5.74) is 2.59. The minimum Gasteiger partial charge on any atom is -0.356 e. The molecular formula is C21H24BClN6OS. The van der Waals surface area contributed by atoms with Crippen molar-refractivity contribution in [3.63, 3.8) is 0 Å². The van der Waals surface area contributed by atoms with Gasteiger partial charge in [-0.05, 0) is 44.7 Å². The maximum atomic E-state index is 12.7. The third-order valence-electron chi connectivity index (χ3n) is 5.14. The Hall–Kier alpha value is -2.65. The molecule has 1 fully saturated rings. The zero-order valence-electron chi connectivity index (χ0n) is 17.8. The second kappa shape index (κ2) is 9.24. The molecular weight excluding hydrogens is 431 g/mol. The molecule has 10 heteroatoms. The van der Waals surface area contributed by atoms with Crippen LogP contribution in [0.4, 0.5) is 22.5 Å². The Morgan fingerprint density at radius 2 is 1.94 bits per heavy atom. The lowest BCUT2D eigenvalue weighted by molar-refractivity contribution is 0.103. The Morgan fingerprint density at radius 3 is 2.68 bits per heavy atom. The quantitative estimate of drug-likeness (QED) is 0.575. The summed E-state index contributed by atoms with van der Waals surface area (Å²) < 4.78 is 0. The fourth-order valence-electron chi connectivity index (χ4n) is 3.70. The van der Waals surface area contributed by atoms with E-state index in [0.717, 1.165) is 29.9 Å². The van der Waals surface area contributed by atoms with Crippen LogP contribution in [-0.4, -0.2) is 41.8 Å². The zero-order chi connectivity index (χ0) is 22.0. The molecule has 0 saturated carbocycles. The second-order valence-corrected chi connectivity index (χ2v) is 9.19. The van der Waals surface area contributed by atoms with Crippen molar-refractivity contribution in [3.05, 3.63) is 45.7 Å². The van der Waals surface area contributed by atoms with Gasteiger partial charge in [0.05, 0.1) is 16.9 Å². The molecule has 4 rings (SSSR count). The molecule has 0 aliphatic carbocycles. The van der Waals surface area contributed by atoms with E-state index in [-0.39, 0.29) is 5.91 Å². The van der Waals surface area contributed by atoms with Gasteiger partial charge in [-0.2, -0.15) is 0 Å². The summed E-state index contributed by atoms with van der Waals surface area (Å²) in [6.45, 7) is 5.83. The number of halogens is 1. The van der Waals surface area contributed by atoms with E-state index >= 15 is 0 Å². The molecule has 1 saturated heterocycles. The van der Waals surface area contributed by atoms with Gasteiger partial charge in [0.15, 0.2) is 5.13 Å². The average Bonchev–Trinajstić information content (AvgIpc) is 3.19. The highest BCUT2D eigenvalue weighted by Crippen LogP contribution is 2.28. The topological polar surface area (TPSA) is 83.0 Å². The Morgan fingerprint density at radius 1 is 1.16 bits per heavy atom. The highest BCUT2D eigenvalue weighted by molar-refractivity contribution is 7.17. The third kappa shape index (κ3) is 5.16. The molecule has 1 aliphatic rings. The molecule has 0 bridgehead atoms. The number of hydrogen-bond acceptors (Lipinski definition) is 7. The van der Waals surface area contributed by atoms with Crippen molar-refractivity contribution in [1.29, 1.82) is 0 Å². The number of hydrogen-bond donors (Lipinski definition) is 2. The number of anilines is 4. The van der Waals surface area contributed by atoms with Gasteiger partial charge in [0, 0.05) is 19.2 Å². The molecule has 0 spiro atoms. The number of carbonyl (C=O) groups excluding carboxylic acids is 1. The fraction of sp³-hybridized carbons (Fsp3) is 0.333. The number of rotatable bonds is 5. The maximum absolute atomic E-state index is 12.7. The Kier molecular flexibility index (Phi) is 6.43. The molecule has 0 radical (unpaired) electrons. The van der Waals surface area contributed by atoms with E-state index in [9.17, 15) is 4.79 Å². The highest BCUT2D eigenvalue weighted by Gasteiger charge is 2.17. The SMILES string of the molecule is Bc1cc(C)c(NC(=O)c2cnc(Nc3cc(N4CCCCC4)nc(C)n3)s2)c(Cl)c1. The molecule has 31 heavy (non-hydrogen) atoms. The first-order valence-electron chi connectivity index (χ1n) is 10.3. The number of aromatic nitrogens is 3. The number of aryl methyl sites for hydroxylation is 2. The van der Waals surface area contributed by atoms with Gasteiger partial charge in [0.25, 0.3) is 5.91 Å². The fourth-order valence-corrected chi connectivity index (χ4v) is 4.78. The second-order valence-electron chi connectivity index (χ2n) is 7.75.